The number of amides is 2. The molecule has 1 N–H and O–H groups in total. The number of ether oxygens (including phenoxy) is 1. The van der Waals surface area contributed by atoms with Gasteiger partial charge < -0.3 is 4.74 Å². The van der Waals surface area contributed by atoms with Gasteiger partial charge in [-0.25, -0.2) is 0 Å². The number of nitrogens with one attached hydrogen (secondary N) is 1. The van der Waals surface area contributed by atoms with E-state index in [0.29, 0.717) is 5.69 Å². The first-order chi connectivity index (χ1) is 14.1. The molecule has 1 heterocycles. The number of anilines is 1. The van der Waals surface area contributed by atoms with E-state index >= 15 is 0 Å². The number of methoxy groups -OCH3 is 1. The number of carbonyl (C=O) groups excluding carboxylic acids is 2. The van der Waals surface area contributed by atoms with Crippen molar-refractivity contribution >= 4 is 64.1 Å². The van der Waals surface area contributed by atoms with E-state index in [4.69, 9.17) is 40.2 Å². The summed E-state index contributed by atoms with van der Waals surface area (Å²) in [7, 11) is 1.62. The molecule has 0 spiro atoms. The number of halogens is 2. The summed E-state index contributed by atoms with van der Waals surface area (Å²) in [6.07, 6.45) is 1.56. The van der Waals surface area contributed by atoms with Crippen LogP contribution >= 0.6 is 35.4 Å². The number of hydrogen-bond donors (Lipinski definition) is 1. The summed E-state index contributed by atoms with van der Waals surface area (Å²) in [5.41, 5.74) is 2.83. The van der Waals surface area contributed by atoms with Crippen LogP contribution in [0, 0.1) is 6.92 Å². The Morgan fingerprint density at radius 2 is 1.90 bits per heavy atom. The maximum Gasteiger partial charge on any atom is 0.270 e. The van der Waals surface area contributed by atoms with Gasteiger partial charge in [-0.1, -0.05) is 43.1 Å². The molecule has 0 radical (unpaired) electrons. The third-order valence-electron chi connectivity index (χ3n) is 4.81. The summed E-state index contributed by atoms with van der Waals surface area (Å²) in [6, 6.07) is 8.69. The Hall–Kier alpha value is -2.41. The fraction of sp³-hybridized carbons (Fsp3) is 0.227. The minimum atomic E-state index is -0.575. The summed E-state index contributed by atoms with van der Waals surface area (Å²) >= 11 is 17.6. The molecule has 1 saturated heterocycles. The molecule has 1 fully saturated rings. The Morgan fingerprint density at radius 1 is 1.20 bits per heavy atom. The molecule has 0 atom stereocenters. The van der Waals surface area contributed by atoms with Crippen LogP contribution in [0.2, 0.25) is 10.0 Å². The lowest BCUT2D eigenvalue weighted by Crippen LogP contribution is -2.54. The first-order valence-corrected chi connectivity index (χ1v) is 10.4. The van der Waals surface area contributed by atoms with Gasteiger partial charge in [0.05, 0.1) is 22.8 Å². The Labute approximate surface area is 190 Å². The van der Waals surface area contributed by atoms with Gasteiger partial charge in [0.1, 0.15) is 11.3 Å². The lowest BCUT2D eigenvalue weighted by atomic mass is 9.95. The van der Waals surface area contributed by atoms with E-state index < -0.39 is 11.8 Å². The van der Waals surface area contributed by atoms with Crippen molar-refractivity contribution in [3.05, 3.63) is 62.6 Å². The van der Waals surface area contributed by atoms with Gasteiger partial charge in [0.25, 0.3) is 11.8 Å². The van der Waals surface area contributed by atoms with E-state index in [1.165, 1.54) is 4.90 Å². The predicted molar refractivity (Wildman–Crippen MR) is 124 cm³/mol. The molecular weight excluding hydrogens is 443 g/mol. The first kappa shape index (κ1) is 22.3. The average Bonchev–Trinajstić information content (AvgIpc) is 2.68. The molecule has 2 aromatic carbocycles. The van der Waals surface area contributed by atoms with E-state index in [-0.39, 0.29) is 26.6 Å². The number of benzene rings is 2. The minimum absolute atomic E-state index is 0.0531. The number of carbonyl (C=O) groups is 2. The normalized spacial score (nSPS) is 15.8. The second-order valence-corrected chi connectivity index (χ2v) is 8.31. The third kappa shape index (κ3) is 4.08. The molecule has 1 aliphatic heterocycles. The van der Waals surface area contributed by atoms with Crippen LogP contribution in [0.25, 0.3) is 6.08 Å². The van der Waals surface area contributed by atoms with Gasteiger partial charge in [0, 0.05) is 0 Å². The van der Waals surface area contributed by atoms with Crippen LogP contribution in [0.1, 0.15) is 36.5 Å². The van der Waals surface area contributed by atoms with Crippen molar-refractivity contribution in [3.8, 4) is 5.75 Å². The Balaban J connectivity index is 2.12. The van der Waals surface area contributed by atoms with Crippen LogP contribution in [0.5, 0.6) is 5.75 Å². The number of aryl methyl sites for hydroxylation is 1. The molecule has 0 unspecified atom stereocenters. The number of thiocarbonyl (C=S) groups is 1. The largest absolute Gasteiger partial charge is 0.496 e. The van der Waals surface area contributed by atoms with Crippen LogP contribution in [-0.2, 0) is 9.59 Å². The van der Waals surface area contributed by atoms with E-state index in [1.807, 2.05) is 32.9 Å². The molecule has 1 aliphatic rings. The van der Waals surface area contributed by atoms with Crippen molar-refractivity contribution < 1.29 is 14.3 Å². The second-order valence-electron chi connectivity index (χ2n) is 7.14. The van der Waals surface area contributed by atoms with Crippen molar-refractivity contribution in [2.75, 3.05) is 12.0 Å². The molecule has 8 heteroatoms. The quantitative estimate of drug-likeness (QED) is 0.382. The molecule has 0 bridgehead atoms. The van der Waals surface area contributed by atoms with E-state index in [9.17, 15) is 9.59 Å². The van der Waals surface area contributed by atoms with Crippen LogP contribution < -0.4 is 15.0 Å². The third-order valence-corrected chi connectivity index (χ3v) is 5.91. The summed E-state index contributed by atoms with van der Waals surface area (Å²) in [6.45, 7) is 5.98. The van der Waals surface area contributed by atoms with Gasteiger partial charge in [-0.15, -0.1) is 0 Å². The zero-order chi connectivity index (χ0) is 22.2. The molecule has 2 aromatic rings. The van der Waals surface area contributed by atoms with Crippen molar-refractivity contribution in [2.24, 2.45) is 0 Å². The molecular formula is C22H20Cl2N2O3S. The summed E-state index contributed by atoms with van der Waals surface area (Å²) in [5.74, 6) is -0.185. The highest BCUT2D eigenvalue weighted by atomic mass is 35.5. The standard InChI is InChI=1S/C22H20Cl2N2O3S/c1-11(2)14-9-13(12(3)8-18(14)29-4)10-15-20(27)25-22(30)26(21(15)28)17-7-5-6-16(23)19(17)24/h5-11H,1-4H3,(H,25,27,30)/b15-10+. The molecule has 30 heavy (non-hydrogen) atoms. The van der Waals surface area contributed by atoms with Gasteiger partial charge in [-0.2, -0.15) is 0 Å². The molecule has 0 aliphatic carbocycles. The topological polar surface area (TPSA) is 58.6 Å². The Bertz CT molecular complexity index is 1100. The number of hydrogen-bond acceptors (Lipinski definition) is 4. The molecule has 0 saturated carbocycles. The molecule has 3 rings (SSSR count). The highest BCUT2D eigenvalue weighted by Gasteiger charge is 2.35. The molecule has 0 aromatic heterocycles. The Morgan fingerprint density at radius 3 is 2.53 bits per heavy atom. The van der Waals surface area contributed by atoms with E-state index in [0.717, 1.165) is 22.4 Å². The lowest BCUT2D eigenvalue weighted by Gasteiger charge is -2.29. The van der Waals surface area contributed by atoms with Crippen molar-refractivity contribution in [3.63, 3.8) is 0 Å². The van der Waals surface area contributed by atoms with Gasteiger partial charge in [0.15, 0.2) is 5.11 Å². The fourth-order valence-electron chi connectivity index (χ4n) is 3.20. The van der Waals surface area contributed by atoms with Gasteiger partial charge in [-0.3, -0.25) is 19.8 Å². The maximum atomic E-state index is 13.3. The van der Waals surface area contributed by atoms with Crippen LogP contribution in [0.3, 0.4) is 0 Å². The van der Waals surface area contributed by atoms with Gasteiger partial charge in [-0.05, 0) is 72.1 Å². The first-order valence-electron chi connectivity index (χ1n) is 9.19. The van der Waals surface area contributed by atoms with Crippen molar-refractivity contribution in [1.29, 1.82) is 0 Å². The Kier molecular flexibility index (Phi) is 6.50. The van der Waals surface area contributed by atoms with Gasteiger partial charge >= 0.3 is 0 Å². The van der Waals surface area contributed by atoms with E-state index in [1.54, 1.807) is 31.4 Å². The smallest absolute Gasteiger partial charge is 0.270 e. The summed E-state index contributed by atoms with van der Waals surface area (Å²) in [5, 5.41) is 2.95. The summed E-state index contributed by atoms with van der Waals surface area (Å²) in [4.78, 5) is 27.0. The van der Waals surface area contributed by atoms with Crippen LogP contribution in [0.4, 0.5) is 5.69 Å². The highest BCUT2D eigenvalue weighted by molar-refractivity contribution is 7.80. The predicted octanol–water partition coefficient (Wildman–Crippen LogP) is 5.27. The lowest BCUT2D eigenvalue weighted by molar-refractivity contribution is -0.122. The van der Waals surface area contributed by atoms with Gasteiger partial charge in [0.2, 0.25) is 0 Å². The van der Waals surface area contributed by atoms with Crippen molar-refractivity contribution in [1.82, 2.24) is 5.32 Å². The summed E-state index contributed by atoms with van der Waals surface area (Å²) < 4.78 is 5.47. The second kappa shape index (κ2) is 8.76. The SMILES string of the molecule is COc1cc(C)c(/C=C2\C(=O)NC(=S)N(c3cccc(Cl)c3Cl)C2=O)cc1C(C)C. The average molecular weight is 463 g/mol. The zero-order valence-electron chi connectivity index (χ0n) is 16.9. The zero-order valence-corrected chi connectivity index (χ0v) is 19.2. The highest BCUT2D eigenvalue weighted by Crippen LogP contribution is 2.35. The van der Waals surface area contributed by atoms with Crippen molar-refractivity contribution in [2.45, 2.75) is 26.7 Å². The van der Waals surface area contributed by atoms with Crippen LogP contribution in [0.15, 0.2) is 35.9 Å². The monoisotopic (exact) mass is 462 g/mol. The number of nitrogens with zero attached hydrogens (tertiary/aromatic N) is 1. The fourth-order valence-corrected chi connectivity index (χ4v) is 3.85. The van der Waals surface area contributed by atoms with Crippen LogP contribution in [-0.4, -0.2) is 24.0 Å². The molecule has 156 valence electrons. The number of rotatable bonds is 4. The maximum absolute atomic E-state index is 13.3. The van der Waals surface area contributed by atoms with E-state index in [2.05, 4.69) is 5.32 Å². The minimum Gasteiger partial charge on any atom is -0.496 e. The molecule has 2 amide bonds. The molecule has 5 nitrogen and oxygen atoms in total.